The molecule has 0 radical (unpaired) electrons. The van der Waals surface area contributed by atoms with Crippen LogP contribution in [0.25, 0.3) is 0 Å². The van der Waals surface area contributed by atoms with Crippen LogP contribution in [0.1, 0.15) is 32.8 Å². The molecule has 0 aliphatic carbocycles. The number of benzene rings is 1. The Bertz CT molecular complexity index is 354. The van der Waals surface area contributed by atoms with Crippen LogP contribution in [0.3, 0.4) is 0 Å². The molecule has 18 heavy (non-hydrogen) atoms. The fourth-order valence-electron chi connectivity index (χ4n) is 1.96. The molecule has 0 bridgehead atoms. The van der Waals surface area contributed by atoms with Crippen LogP contribution in [0.15, 0.2) is 24.3 Å². The van der Waals surface area contributed by atoms with Gasteiger partial charge in [-0.05, 0) is 24.0 Å². The van der Waals surface area contributed by atoms with Crippen LogP contribution in [0, 0.1) is 5.92 Å². The molecule has 0 saturated heterocycles. The summed E-state index contributed by atoms with van der Waals surface area (Å²) >= 11 is 1.61. The summed E-state index contributed by atoms with van der Waals surface area (Å²) in [7, 11) is 2.14. The standard InChI is InChI=1S/C15H25NOS/c1-5-15(17)18-11-13-8-6-7-9-14(13)16(4)10-12(2)3/h6-9,12,15,17H,5,10-11H2,1-4H3. The molecule has 1 atom stereocenters. The minimum absolute atomic E-state index is 0.256. The highest BCUT2D eigenvalue weighted by molar-refractivity contribution is 7.98. The van der Waals surface area contributed by atoms with Crippen molar-refractivity contribution in [2.75, 3.05) is 18.5 Å². The predicted octanol–water partition coefficient (Wildman–Crippen LogP) is 3.74. The quantitative estimate of drug-likeness (QED) is 0.761. The van der Waals surface area contributed by atoms with Gasteiger partial charge in [0.1, 0.15) is 0 Å². The normalized spacial score (nSPS) is 12.8. The summed E-state index contributed by atoms with van der Waals surface area (Å²) in [6.45, 7) is 7.52. The van der Waals surface area contributed by atoms with Crippen molar-refractivity contribution >= 4 is 17.4 Å². The Morgan fingerprint density at radius 3 is 2.56 bits per heavy atom. The van der Waals surface area contributed by atoms with Gasteiger partial charge in [0.15, 0.2) is 0 Å². The number of hydrogen-bond donors (Lipinski definition) is 1. The molecule has 2 nitrogen and oxygen atoms in total. The van der Waals surface area contributed by atoms with Gasteiger partial charge in [-0.2, -0.15) is 0 Å². The van der Waals surface area contributed by atoms with E-state index in [0.717, 1.165) is 18.7 Å². The van der Waals surface area contributed by atoms with E-state index in [1.165, 1.54) is 11.3 Å². The van der Waals surface area contributed by atoms with Gasteiger partial charge in [-0.3, -0.25) is 0 Å². The molecule has 0 fully saturated rings. The van der Waals surface area contributed by atoms with Crippen LogP contribution in [0.5, 0.6) is 0 Å². The molecule has 0 aliphatic heterocycles. The highest BCUT2D eigenvalue weighted by Crippen LogP contribution is 2.26. The molecule has 0 amide bonds. The van der Waals surface area contributed by atoms with Crippen LogP contribution in [-0.2, 0) is 5.75 Å². The first kappa shape index (κ1) is 15.4. The molecule has 0 aromatic heterocycles. The Morgan fingerprint density at radius 2 is 1.94 bits per heavy atom. The van der Waals surface area contributed by atoms with E-state index >= 15 is 0 Å². The van der Waals surface area contributed by atoms with Crippen LogP contribution >= 0.6 is 11.8 Å². The summed E-state index contributed by atoms with van der Waals surface area (Å²) in [6.07, 6.45) is 0.800. The fourth-order valence-corrected chi connectivity index (χ4v) is 2.81. The Kier molecular flexibility index (Phi) is 6.58. The van der Waals surface area contributed by atoms with Gasteiger partial charge in [0.05, 0.1) is 5.44 Å². The van der Waals surface area contributed by atoms with E-state index in [0.29, 0.717) is 5.92 Å². The maximum atomic E-state index is 9.64. The Morgan fingerprint density at radius 1 is 1.28 bits per heavy atom. The first-order valence-corrected chi connectivity index (χ1v) is 7.68. The number of hydrogen-bond acceptors (Lipinski definition) is 3. The minimum Gasteiger partial charge on any atom is -0.382 e. The second-order valence-electron chi connectivity index (χ2n) is 5.08. The van der Waals surface area contributed by atoms with E-state index < -0.39 is 0 Å². The lowest BCUT2D eigenvalue weighted by molar-refractivity contribution is 0.259. The summed E-state index contributed by atoms with van der Waals surface area (Å²) in [5.41, 5.74) is 2.33. The third-order valence-corrected chi connectivity index (χ3v) is 4.02. The number of para-hydroxylation sites is 1. The fraction of sp³-hybridized carbons (Fsp3) is 0.600. The minimum atomic E-state index is -0.256. The average Bonchev–Trinajstić information content (AvgIpc) is 2.35. The number of aliphatic hydroxyl groups excluding tert-OH is 1. The van der Waals surface area contributed by atoms with Crippen molar-refractivity contribution in [3.8, 4) is 0 Å². The largest absolute Gasteiger partial charge is 0.382 e. The van der Waals surface area contributed by atoms with Crippen molar-refractivity contribution in [3.05, 3.63) is 29.8 Å². The first-order valence-electron chi connectivity index (χ1n) is 6.63. The zero-order valence-electron chi connectivity index (χ0n) is 11.9. The van der Waals surface area contributed by atoms with Crippen molar-refractivity contribution in [2.24, 2.45) is 5.92 Å². The summed E-state index contributed by atoms with van der Waals surface area (Å²) < 4.78 is 0. The summed E-state index contributed by atoms with van der Waals surface area (Å²) in [4.78, 5) is 2.30. The second-order valence-corrected chi connectivity index (χ2v) is 6.24. The lowest BCUT2D eigenvalue weighted by atomic mass is 10.1. The molecule has 0 aliphatic rings. The molecule has 1 aromatic carbocycles. The van der Waals surface area contributed by atoms with Gasteiger partial charge in [-0.1, -0.05) is 39.0 Å². The molecule has 1 rings (SSSR count). The first-order chi connectivity index (χ1) is 8.54. The lowest BCUT2D eigenvalue weighted by Crippen LogP contribution is -2.23. The zero-order valence-corrected chi connectivity index (χ0v) is 12.7. The molecule has 3 heteroatoms. The van der Waals surface area contributed by atoms with Gasteiger partial charge in [-0.15, -0.1) is 11.8 Å². The van der Waals surface area contributed by atoms with Gasteiger partial charge in [0, 0.05) is 25.0 Å². The van der Waals surface area contributed by atoms with Crippen LogP contribution in [0.2, 0.25) is 0 Å². The van der Waals surface area contributed by atoms with Crippen LogP contribution in [-0.4, -0.2) is 24.1 Å². The molecule has 0 heterocycles. The highest BCUT2D eigenvalue weighted by Gasteiger charge is 2.10. The average molecular weight is 267 g/mol. The monoisotopic (exact) mass is 267 g/mol. The number of aliphatic hydroxyl groups is 1. The molecule has 102 valence electrons. The number of rotatable bonds is 7. The van der Waals surface area contributed by atoms with E-state index in [4.69, 9.17) is 0 Å². The Balaban J connectivity index is 2.72. The zero-order chi connectivity index (χ0) is 13.5. The van der Waals surface area contributed by atoms with Gasteiger partial charge >= 0.3 is 0 Å². The van der Waals surface area contributed by atoms with E-state index in [-0.39, 0.29) is 5.44 Å². The smallest absolute Gasteiger partial charge is 0.0993 e. The molecule has 1 N–H and O–H groups in total. The Hall–Kier alpha value is -0.670. The Labute approximate surface area is 115 Å². The third-order valence-electron chi connectivity index (χ3n) is 2.82. The molecular weight excluding hydrogens is 242 g/mol. The summed E-state index contributed by atoms with van der Waals surface area (Å²) in [5, 5.41) is 9.64. The molecule has 0 spiro atoms. The second kappa shape index (κ2) is 7.70. The van der Waals surface area contributed by atoms with E-state index in [2.05, 4.69) is 50.1 Å². The van der Waals surface area contributed by atoms with Crippen molar-refractivity contribution in [1.29, 1.82) is 0 Å². The van der Waals surface area contributed by atoms with Crippen LogP contribution in [0.4, 0.5) is 5.69 Å². The predicted molar refractivity (Wildman–Crippen MR) is 82.1 cm³/mol. The van der Waals surface area contributed by atoms with E-state index in [1.54, 1.807) is 11.8 Å². The van der Waals surface area contributed by atoms with Gasteiger partial charge in [0.25, 0.3) is 0 Å². The third kappa shape index (κ3) is 4.91. The highest BCUT2D eigenvalue weighted by atomic mass is 32.2. The van der Waals surface area contributed by atoms with Crippen molar-refractivity contribution in [3.63, 3.8) is 0 Å². The van der Waals surface area contributed by atoms with Gasteiger partial charge < -0.3 is 10.0 Å². The molecule has 1 aromatic rings. The molecular formula is C15H25NOS. The molecule has 1 unspecified atom stereocenters. The van der Waals surface area contributed by atoms with Gasteiger partial charge in [-0.25, -0.2) is 0 Å². The van der Waals surface area contributed by atoms with E-state index in [9.17, 15) is 5.11 Å². The van der Waals surface area contributed by atoms with E-state index in [1.807, 2.05) is 6.92 Å². The van der Waals surface area contributed by atoms with Crippen molar-refractivity contribution < 1.29 is 5.11 Å². The van der Waals surface area contributed by atoms with Crippen molar-refractivity contribution in [1.82, 2.24) is 0 Å². The van der Waals surface area contributed by atoms with Gasteiger partial charge in [0.2, 0.25) is 0 Å². The summed E-state index contributed by atoms with van der Waals surface area (Å²) in [5.74, 6) is 1.52. The molecule has 0 saturated carbocycles. The SMILES string of the molecule is CCC(O)SCc1ccccc1N(C)CC(C)C. The summed E-state index contributed by atoms with van der Waals surface area (Å²) in [6, 6.07) is 8.47. The maximum Gasteiger partial charge on any atom is 0.0993 e. The van der Waals surface area contributed by atoms with Crippen LogP contribution < -0.4 is 4.90 Å². The lowest BCUT2D eigenvalue weighted by Gasteiger charge is -2.24. The van der Waals surface area contributed by atoms with Crippen molar-refractivity contribution in [2.45, 2.75) is 38.4 Å². The number of thioether (sulfide) groups is 1. The topological polar surface area (TPSA) is 23.5 Å². The number of nitrogens with zero attached hydrogens (tertiary/aromatic N) is 1. The number of anilines is 1. The maximum absolute atomic E-state index is 9.64.